The minimum absolute atomic E-state index is 0. The van der Waals surface area contributed by atoms with Gasteiger partial charge < -0.3 is 14.4 Å². The zero-order chi connectivity index (χ0) is 35.8. The predicted molar refractivity (Wildman–Crippen MR) is 185 cm³/mol. The van der Waals surface area contributed by atoms with Crippen molar-refractivity contribution in [1.82, 2.24) is 15.0 Å². The Morgan fingerprint density at radius 3 is 2.28 bits per heavy atom. The van der Waals surface area contributed by atoms with Gasteiger partial charge in [-0.3, -0.25) is 0 Å². The summed E-state index contributed by atoms with van der Waals surface area (Å²) in [7, 11) is 0. The molecule has 0 saturated carbocycles. The van der Waals surface area contributed by atoms with E-state index in [1.54, 1.807) is 33.0 Å². The van der Waals surface area contributed by atoms with Gasteiger partial charge in [-0.1, -0.05) is 73.7 Å². The van der Waals surface area contributed by atoms with Gasteiger partial charge in [-0.25, -0.2) is 4.98 Å². The van der Waals surface area contributed by atoms with Crippen LogP contribution in [0, 0.1) is 38.2 Å². The molecule has 5 heteroatoms. The molecule has 7 rings (SSSR count). The number of pyridine rings is 3. The first-order valence-electron chi connectivity index (χ1n) is 17.4. The molecule has 0 unspecified atom stereocenters. The van der Waals surface area contributed by atoms with Gasteiger partial charge in [0.2, 0.25) is 5.71 Å². The van der Waals surface area contributed by atoms with E-state index in [0.29, 0.717) is 22.6 Å². The zero-order valence-corrected chi connectivity index (χ0v) is 28.8. The molecule has 0 aliphatic heterocycles. The van der Waals surface area contributed by atoms with E-state index in [2.05, 4.69) is 48.1 Å². The van der Waals surface area contributed by atoms with Gasteiger partial charge in [0.15, 0.2) is 0 Å². The first-order valence-corrected chi connectivity index (χ1v) is 14.9. The number of fused-ring (bicyclic) bond motifs is 3. The summed E-state index contributed by atoms with van der Waals surface area (Å²) in [6.07, 6.45) is 1.22. The second-order valence-electron chi connectivity index (χ2n) is 12.0. The number of hydrogen-bond acceptors (Lipinski definition) is 4. The van der Waals surface area contributed by atoms with Gasteiger partial charge in [-0.05, 0) is 78.8 Å². The molecule has 0 aliphatic carbocycles. The number of hydrogen-bond donors (Lipinski definition) is 0. The second kappa shape index (κ2) is 13.9. The van der Waals surface area contributed by atoms with Crippen molar-refractivity contribution in [2.45, 2.75) is 47.8 Å². The van der Waals surface area contributed by atoms with Gasteiger partial charge in [0.1, 0.15) is 0 Å². The van der Waals surface area contributed by atoms with E-state index in [1.165, 1.54) is 12.3 Å². The summed E-state index contributed by atoms with van der Waals surface area (Å²) < 4.78 is 48.1. The Balaban J connectivity index is 0.000000327. The zero-order valence-electron chi connectivity index (χ0n) is 31.4. The molecule has 0 saturated heterocycles. The van der Waals surface area contributed by atoms with Crippen LogP contribution in [0.2, 0.25) is 0 Å². The van der Waals surface area contributed by atoms with Crippen molar-refractivity contribution >= 4 is 22.1 Å². The molecule has 3 aromatic carbocycles. The van der Waals surface area contributed by atoms with Gasteiger partial charge in [0, 0.05) is 50.3 Å². The molecule has 0 amide bonds. The number of aryl methyl sites for hydroxylation is 3. The maximum Gasteiger partial charge on any atom is 0.216 e. The van der Waals surface area contributed by atoms with Crippen molar-refractivity contribution in [3.63, 3.8) is 0 Å². The maximum absolute atomic E-state index is 8.68. The predicted octanol–water partition coefficient (Wildman–Crippen LogP) is 10.6. The monoisotopic (exact) mass is 785 g/mol. The Bertz CT molecular complexity index is 2240. The van der Waals surface area contributed by atoms with Gasteiger partial charge in [0.05, 0.1) is 11.3 Å². The molecule has 4 aromatic heterocycles. The van der Waals surface area contributed by atoms with Crippen LogP contribution in [0.3, 0.4) is 0 Å². The fourth-order valence-corrected chi connectivity index (χ4v) is 5.34. The smallest absolute Gasteiger partial charge is 0.216 e. The van der Waals surface area contributed by atoms with Crippen molar-refractivity contribution in [1.29, 1.82) is 0 Å². The molecule has 4 heterocycles. The first-order chi connectivity index (χ1) is 23.7. The van der Waals surface area contributed by atoms with Gasteiger partial charge in [-0.15, -0.1) is 54.1 Å². The summed E-state index contributed by atoms with van der Waals surface area (Å²) in [6, 6.07) is 35.2. The first kappa shape index (κ1) is 26.7. The normalized spacial score (nSPS) is 13.4. The Labute approximate surface area is 292 Å². The average Bonchev–Trinajstić information content (AvgIpc) is 3.46. The van der Waals surface area contributed by atoms with Gasteiger partial charge in [-0.2, -0.15) is 0 Å². The number of furan rings is 1. The van der Waals surface area contributed by atoms with Crippen LogP contribution in [-0.4, -0.2) is 15.0 Å². The molecule has 4 nitrogen and oxygen atoms in total. The van der Waals surface area contributed by atoms with E-state index in [0.717, 1.165) is 44.4 Å². The largest absolute Gasteiger partial charge is 0.486 e. The van der Waals surface area contributed by atoms with Crippen LogP contribution in [0.15, 0.2) is 108 Å². The Kier molecular flexibility index (Phi) is 8.09. The van der Waals surface area contributed by atoms with E-state index in [4.69, 9.17) is 16.3 Å². The molecule has 0 N–H and O–H groups in total. The molecule has 7 aromatic rings. The van der Waals surface area contributed by atoms with Crippen LogP contribution in [0.5, 0.6) is 0 Å². The van der Waals surface area contributed by atoms with Gasteiger partial charge >= 0.3 is 0 Å². The van der Waals surface area contributed by atoms with Crippen molar-refractivity contribution in [3.8, 4) is 33.8 Å². The SMILES string of the molecule is [2H]C([2H])([2H])c1cc(-c2[c-]ccc3c2oc2nc(-c4c(C)cccc4C)ccc23)ncc1C([2H])([2H])C(C)(C)C.[Ir].[c-]1ccccc1-c1ccccn1. The Morgan fingerprint density at radius 2 is 1.59 bits per heavy atom. The average molecular weight is 785 g/mol. The van der Waals surface area contributed by atoms with E-state index in [-0.39, 0.29) is 31.2 Å². The van der Waals surface area contributed by atoms with Crippen molar-refractivity contribution in [2.24, 2.45) is 5.41 Å². The van der Waals surface area contributed by atoms with Crippen LogP contribution in [0.4, 0.5) is 0 Å². The molecular weight excluding hydrogens is 743 g/mol. The minimum Gasteiger partial charge on any atom is -0.486 e. The molecule has 0 spiro atoms. The van der Waals surface area contributed by atoms with Crippen molar-refractivity contribution in [2.75, 3.05) is 0 Å². The topological polar surface area (TPSA) is 51.8 Å². The minimum atomic E-state index is -2.53. The van der Waals surface area contributed by atoms with Crippen molar-refractivity contribution < 1.29 is 31.4 Å². The Hall–Kier alpha value is -4.44. The van der Waals surface area contributed by atoms with E-state index < -0.39 is 18.6 Å². The number of nitrogens with zero attached hydrogens (tertiary/aromatic N) is 3. The molecule has 1 radical (unpaired) electrons. The molecule has 233 valence electrons. The van der Waals surface area contributed by atoms with E-state index in [1.807, 2.05) is 66.7 Å². The summed E-state index contributed by atoms with van der Waals surface area (Å²) in [5.41, 5.74) is 7.12. The second-order valence-corrected chi connectivity index (χ2v) is 12.0. The fourth-order valence-electron chi connectivity index (χ4n) is 5.34. The van der Waals surface area contributed by atoms with Crippen LogP contribution in [0.25, 0.3) is 55.8 Å². The van der Waals surface area contributed by atoms with Crippen molar-refractivity contribution in [3.05, 3.63) is 138 Å². The van der Waals surface area contributed by atoms with E-state index in [9.17, 15) is 0 Å². The van der Waals surface area contributed by atoms with Crippen LogP contribution in [0.1, 0.15) is 49.9 Å². The third-order valence-electron chi connectivity index (χ3n) is 7.36. The quantitative estimate of drug-likeness (QED) is 0.167. The summed E-state index contributed by atoms with van der Waals surface area (Å²) in [4.78, 5) is 13.6. The third kappa shape index (κ3) is 7.17. The van der Waals surface area contributed by atoms with E-state index >= 15 is 0 Å². The molecular formula is C41H37IrN3O-2. The third-order valence-corrected chi connectivity index (χ3v) is 7.36. The number of benzene rings is 3. The maximum atomic E-state index is 8.68. The summed E-state index contributed by atoms with van der Waals surface area (Å²) >= 11 is 0. The summed E-state index contributed by atoms with van der Waals surface area (Å²) in [6.45, 7) is 6.81. The molecule has 46 heavy (non-hydrogen) atoms. The fraction of sp³-hybridized carbons (Fsp3) is 0.195. The van der Waals surface area contributed by atoms with Crippen LogP contribution in [-0.2, 0) is 26.5 Å². The molecule has 0 bridgehead atoms. The standard InChI is InChI=1S/C30H29N2O.C11H8N.Ir/c1-18-9-7-10-19(2)27(18)25-14-13-23-22-11-8-12-24(28(22)33-29(23)32-25)26-15-20(3)21(17-31-26)16-30(4,5)6;1-2-6-10(7-3-1)11-8-4-5-9-12-11;/h7-11,13-15,17H,16H2,1-6H3;1-6,8-9H;/q2*-1;/i3D3,16D2;;. The Morgan fingerprint density at radius 1 is 0.783 bits per heavy atom. The summed E-state index contributed by atoms with van der Waals surface area (Å²) in [5.74, 6) is 0. The van der Waals surface area contributed by atoms with Gasteiger partial charge in [0.25, 0.3) is 0 Å². The molecule has 0 fully saturated rings. The summed E-state index contributed by atoms with van der Waals surface area (Å²) in [5, 5.41) is 1.66. The van der Waals surface area contributed by atoms with Crippen LogP contribution >= 0.6 is 0 Å². The van der Waals surface area contributed by atoms with Crippen LogP contribution < -0.4 is 0 Å². The number of rotatable bonds is 4. The molecule has 0 aliphatic rings. The molecule has 0 atom stereocenters. The number of aromatic nitrogens is 3.